The van der Waals surface area contributed by atoms with Gasteiger partial charge in [0, 0.05) is 11.3 Å². The van der Waals surface area contributed by atoms with E-state index in [2.05, 4.69) is 5.10 Å². The molecule has 148 valence electrons. The number of hydrazone groups is 1. The van der Waals surface area contributed by atoms with E-state index in [0.717, 1.165) is 5.56 Å². The third-order valence-corrected chi connectivity index (χ3v) is 5.81. The number of nitrogens with zero attached hydrogens (tertiary/aromatic N) is 2. The molecule has 0 saturated heterocycles. The summed E-state index contributed by atoms with van der Waals surface area (Å²) in [5.74, 6) is -2.17. The van der Waals surface area contributed by atoms with E-state index < -0.39 is 23.7 Å². The Morgan fingerprint density at radius 1 is 1.30 bits per heavy atom. The van der Waals surface area contributed by atoms with Gasteiger partial charge in [-0.2, -0.15) is 23.3 Å². The predicted octanol–water partition coefficient (Wildman–Crippen LogP) is 4.52. The number of hydrogen-bond donors (Lipinski definition) is 1. The molecule has 1 N–H and O–H groups in total. The van der Waals surface area contributed by atoms with Gasteiger partial charge in [-0.1, -0.05) is 38.5 Å². The normalized spacial score (nSPS) is 28.7. The van der Waals surface area contributed by atoms with Crippen LogP contribution in [0.15, 0.2) is 29.4 Å². The summed E-state index contributed by atoms with van der Waals surface area (Å²) >= 11 is 0. The van der Waals surface area contributed by atoms with E-state index in [-0.39, 0.29) is 34.0 Å². The van der Waals surface area contributed by atoms with Crippen LogP contribution in [0.3, 0.4) is 0 Å². The minimum absolute atomic E-state index is 0.00402. The van der Waals surface area contributed by atoms with Gasteiger partial charge in [0.2, 0.25) is 0 Å². The summed E-state index contributed by atoms with van der Waals surface area (Å²) in [5, 5.41) is 15.1. The Kier molecular flexibility index (Phi) is 4.65. The highest BCUT2D eigenvalue weighted by Gasteiger charge is 2.69. The van der Waals surface area contributed by atoms with E-state index in [4.69, 9.17) is 0 Å². The molecular weight excluding hydrogens is 357 g/mol. The number of aryl methyl sites for hydroxylation is 1. The molecule has 1 aliphatic carbocycles. The molecule has 2 aliphatic rings. The highest BCUT2D eigenvalue weighted by molar-refractivity contribution is 5.99. The number of benzene rings is 1. The lowest BCUT2D eigenvalue weighted by Gasteiger charge is -2.42. The van der Waals surface area contributed by atoms with E-state index in [9.17, 15) is 23.1 Å². The van der Waals surface area contributed by atoms with Gasteiger partial charge in [0.05, 0.1) is 5.92 Å². The van der Waals surface area contributed by atoms with Gasteiger partial charge in [0.15, 0.2) is 0 Å². The van der Waals surface area contributed by atoms with Crippen LogP contribution in [0.25, 0.3) is 0 Å². The number of rotatable bonds is 1. The Morgan fingerprint density at radius 3 is 2.52 bits per heavy atom. The largest absolute Gasteiger partial charge is 0.439 e. The number of amides is 1. The number of carbonyl (C=O) groups is 1. The van der Waals surface area contributed by atoms with Crippen LogP contribution in [0, 0.1) is 24.2 Å². The second-order valence-electron chi connectivity index (χ2n) is 8.69. The molecule has 0 unspecified atom stereocenters. The fourth-order valence-electron chi connectivity index (χ4n) is 4.11. The predicted molar refractivity (Wildman–Crippen MR) is 96.1 cm³/mol. The van der Waals surface area contributed by atoms with Crippen molar-refractivity contribution in [2.75, 3.05) is 0 Å². The number of hydrogen-bond acceptors (Lipinski definition) is 3. The number of carbonyl (C=O) groups excluding carboxylic acids is 1. The Morgan fingerprint density at radius 2 is 1.96 bits per heavy atom. The number of fused-ring (bicyclic) bond motifs is 1. The van der Waals surface area contributed by atoms with Crippen molar-refractivity contribution < 1.29 is 23.1 Å². The Balaban J connectivity index is 2.02. The molecule has 3 rings (SSSR count). The van der Waals surface area contributed by atoms with Crippen LogP contribution >= 0.6 is 0 Å². The lowest BCUT2D eigenvalue weighted by atomic mass is 9.66. The van der Waals surface area contributed by atoms with Crippen LogP contribution < -0.4 is 0 Å². The van der Waals surface area contributed by atoms with Crippen LogP contribution in [0.1, 0.15) is 56.0 Å². The van der Waals surface area contributed by atoms with Crippen LogP contribution in [-0.2, 0) is 0 Å². The Hall–Kier alpha value is -1.89. The third kappa shape index (κ3) is 3.26. The molecule has 0 spiro atoms. The quantitative estimate of drug-likeness (QED) is 0.776. The average Bonchev–Trinajstić information content (AvgIpc) is 2.87. The first-order valence-electron chi connectivity index (χ1n) is 9.13. The summed E-state index contributed by atoms with van der Waals surface area (Å²) in [6, 6.07) is 6.28. The second kappa shape index (κ2) is 6.33. The molecule has 27 heavy (non-hydrogen) atoms. The standard InChI is InChI=1S/C20H25F3N2O2/c1-12-6-5-7-13(10-12)17(26)25-19(27,20(21,22)23)15-11-14(18(2,3)4)8-9-16(15)24-25/h5-7,10,14-15,27H,8-9,11H2,1-4H3/t14-,15-,19+/m0/s1. The average molecular weight is 382 g/mol. The minimum atomic E-state index is -5.01. The molecule has 7 heteroatoms. The van der Waals surface area contributed by atoms with Crippen molar-refractivity contribution in [2.45, 2.75) is 58.9 Å². The van der Waals surface area contributed by atoms with Gasteiger partial charge in [-0.3, -0.25) is 4.79 Å². The number of aliphatic hydroxyl groups is 1. The van der Waals surface area contributed by atoms with Crippen molar-refractivity contribution in [2.24, 2.45) is 22.4 Å². The molecule has 3 atom stereocenters. The summed E-state index contributed by atoms with van der Waals surface area (Å²) in [5.41, 5.74) is -2.42. The first-order valence-corrected chi connectivity index (χ1v) is 9.13. The molecule has 4 nitrogen and oxygen atoms in total. The maximum absolute atomic E-state index is 14.0. The Bertz CT molecular complexity index is 782. The molecule has 1 saturated carbocycles. The minimum Gasteiger partial charge on any atom is -0.362 e. The second-order valence-corrected chi connectivity index (χ2v) is 8.69. The fourth-order valence-corrected chi connectivity index (χ4v) is 4.11. The molecular formula is C20H25F3N2O2. The molecule has 1 fully saturated rings. The smallest absolute Gasteiger partial charge is 0.362 e. The summed E-state index contributed by atoms with van der Waals surface area (Å²) in [6.45, 7) is 7.70. The van der Waals surface area contributed by atoms with E-state index in [1.165, 1.54) is 12.1 Å². The Labute approximate surface area is 157 Å². The van der Waals surface area contributed by atoms with E-state index in [0.29, 0.717) is 12.8 Å². The first kappa shape index (κ1) is 19.9. The molecule has 1 heterocycles. The van der Waals surface area contributed by atoms with Gasteiger partial charge in [-0.05, 0) is 49.7 Å². The van der Waals surface area contributed by atoms with E-state index in [1.807, 2.05) is 20.8 Å². The van der Waals surface area contributed by atoms with Crippen molar-refractivity contribution in [3.63, 3.8) is 0 Å². The van der Waals surface area contributed by atoms with Crippen LogP contribution in [-0.4, -0.2) is 33.6 Å². The zero-order valence-corrected chi connectivity index (χ0v) is 16.0. The van der Waals surface area contributed by atoms with E-state index in [1.54, 1.807) is 19.1 Å². The monoisotopic (exact) mass is 382 g/mol. The van der Waals surface area contributed by atoms with Gasteiger partial charge < -0.3 is 5.11 Å². The van der Waals surface area contributed by atoms with Gasteiger partial charge in [-0.15, -0.1) is 0 Å². The summed E-state index contributed by atoms with van der Waals surface area (Å²) in [7, 11) is 0. The summed E-state index contributed by atoms with van der Waals surface area (Å²) in [6.07, 6.45) is -3.82. The fraction of sp³-hybridized carbons (Fsp3) is 0.600. The molecule has 0 radical (unpaired) electrons. The van der Waals surface area contributed by atoms with Crippen LogP contribution in [0.2, 0.25) is 0 Å². The van der Waals surface area contributed by atoms with Crippen molar-refractivity contribution >= 4 is 11.6 Å². The SMILES string of the molecule is Cc1cccc(C(=O)N2N=C3CC[C@H](C(C)(C)C)C[C@@H]3[C@@]2(O)C(F)(F)F)c1. The topological polar surface area (TPSA) is 52.9 Å². The van der Waals surface area contributed by atoms with Gasteiger partial charge in [-0.25, -0.2) is 0 Å². The number of alkyl halides is 3. The zero-order valence-electron chi connectivity index (χ0n) is 16.0. The maximum atomic E-state index is 14.0. The highest BCUT2D eigenvalue weighted by atomic mass is 19.4. The molecule has 1 aromatic carbocycles. The van der Waals surface area contributed by atoms with Crippen LogP contribution in [0.5, 0.6) is 0 Å². The summed E-state index contributed by atoms with van der Waals surface area (Å²) < 4.78 is 42.1. The summed E-state index contributed by atoms with van der Waals surface area (Å²) in [4.78, 5) is 12.8. The maximum Gasteiger partial charge on any atom is 0.439 e. The van der Waals surface area contributed by atoms with Gasteiger partial charge in [0.25, 0.3) is 11.6 Å². The van der Waals surface area contributed by atoms with E-state index >= 15 is 0 Å². The highest BCUT2D eigenvalue weighted by Crippen LogP contribution is 2.52. The molecule has 0 aromatic heterocycles. The molecule has 1 aromatic rings. The lowest BCUT2D eigenvalue weighted by Crippen LogP contribution is -2.62. The van der Waals surface area contributed by atoms with Crippen molar-refractivity contribution in [3.8, 4) is 0 Å². The lowest BCUT2D eigenvalue weighted by molar-refractivity contribution is -0.314. The molecule has 0 bridgehead atoms. The van der Waals surface area contributed by atoms with Gasteiger partial charge in [0.1, 0.15) is 0 Å². The molecule has 1 aliphatic heterocycles. The van der Waals surface area contributed by atoms with Gasteiger partial charge >= 0.3 is 6.18 Å². The zero-order chi connectivity index (χ0) is 20.2. The van der Waals surface area contributed by atoms with Crippen molar-refractivity contribution in [1.82, 2.24) is 5.01 Å². The van der Waals surface area contributed by atoms with Crippen LogP contribution in [0.4, 0.5) is 13.2 Å². The molecule has 1 amide bonds. The first-order chi connectivity index (χ1) is 12.4. The third-order valence-electron chi connectivity index (χ3n) is 5.81. The number of halogens is 3. The van der Waals surface area contributed by atoms with Crippen molar-refractivity contribution in [1.29, 1.82) is 0 Å². The van der Waals surface area contributed by atoms with Crippen molar-refractivity contribution in [3.05, 3.63) is 35.4 Å².